The van der Waals surface area contributed by atoms with Crippen LogP contribution < -0.4 is 15.0 Å². The predicted molar refractivity (Wildman–Crippen MR) is 127 cm³/mol. The normalized spacial score (nSPS) is 13.9. The Bertz CT molecular complexity index is 1070. The van der Waals surface area contributed by atoms with E-state index < -0.39 is 0 Å². The molecule has 166 valence electrons. The fourth-order valence-electron chi connectivity index (χ4n) is 3.05. The van der Waals surface area contributed by atoms with Gasteiger partial charge >= 0.3 is 0 Å². The molecule has 32 heavy (non-hydrogen) atoms. The van der Waals surface area contributed by atoms with Gasteiger partial charge in [0.2, 0.25) is 16.9 Å². The summed E-state index contributed by atoms with van der Waals surface area (Å²) in [5.74, 6) is 0.582. The highest BCUT2D eigenvalue weighted by Crippen LogP contribution is 2.36. The Morgan fingerprint density at radius 3 is 2.53 bits per heavy atom. The lowest BCUT2D eigenvalue weighted by atomic mass is 10.2. The number of nitrogens with zero attached hydrogens (tertiary/aromatic N) is 3. The summed E-state index contributed by atoms with van der Waals surface area (Å²) < 4.78 is 6.45. The Labute approximate surface area is 195 Å². The summed E-state index contributed by atoms with van der Waals surface area (Å²) in [6.07, 6.45) is 1.99. The van der Waals surface area contributed by atoms with Gasteiger partial charge in [-0.15, -0.1) is 10.2 Å². The summed E-state index contributed by atoms with van der Waals surface area (Å²) in [6, 6.07) is 17.5. The number of benzene rings is 2. The zero-order valence-electron chi connectivity index (χ0n) is 17.9. The third-order valence-electron chi connectivity index (χ3n) is 4.87. The molecule has 1 N–H and O–H groups in total. The molecule has 1 aromatic heterocycles. The van der Waals surface area contributed by atoms with Crippen molar-refractivity contribution in [3.05, 3.63) is 60.2 Å². The largest absolute Gasteiger partial charge is 0.489 e. The van der Waals surface area contributed by atoms with Gasteiger partial charge in [0.1, 0.15) is 12.4 Å². The van der Waals surface area contributed by atoms with Gasteiger partial charge in [-0.2, -0.15) is 0 Å². The molecule has 4 rings (SSSR count). The molecule has 1 heterocycles. The molecule has 0 spiro atoms. The molecule has 7 nitrogen and oxygen atoms in total. The maximum Gasteiger partial charge on any atom is 0.237 e. The van der Waals surface area contributed by atoms with Crippen molar-refractivity contribution in [1.82, 2.24) is 10.2 Å². The molecule has 1 aliphatic carbocycles. The van der Waals surface area contributed by atoms with Crippen LogP contribution in [0, 0.1) is 0 Å². The second kappa shape index (κ2) is 10.1. The minimum absolute atomic E-state index is 0.0258. The van der Waals surface area contributed by atoms with Crippen LogP contribution in [-0.4, -0.2) is 33.3 Å². The smallest absolute Gasteiger partial charge is 0.237 e. The van der Waals surface area contributed by atoms with Crippen LogP contribution in [0.15, 0.2) is 58.9 Å². The highest BCUT2D eigenvalue weighted by atomic mass is 32.2. The van der Waals surface area contributed by atoms with Crippen molar-refractivity contribution in [2.45, 2.75) is 48.9 Å². The van der Waals surface area contributed by atoms with Crippen LogP contribution in [0.5, 0.6) is 5.75 Å². The molecule has 9 heteroatoms. The molecule has 1 atom stereocenters. The first-order chi connectivity index (χ1) is 15.5. The van der Waals surface area contributed by atoms with E-state index in [9.17, 15) is 9.59 Å². The molecule has 0 bridgehead atoms. The van der Waals surface area contributed by atoms with E-state index in [1.807, 2.05) is 61.5 Å². The van der Waals surface area contributed by atoms with E-state index in [1.165, 1.54) is 23.1 Å². The highest BCUT2D eigenvalue weighted by Gasteiger charge is 2.34. The van der Waals surface area contributed by atoms with Gasteiger partial charge in [0.15, 0.2) is 4.34 Å². The van der Waals surface area contributed by atoms with Crippen LogP contribution in [0.25, 0.3) is 0 Å². The molecule has 0 saturated heterocycles. The Hall–Kier alpha value is -2.91. The van der Waals surface area contributed by atoms with Crippen molar-refractivity contribution in [1.29, 1.82) is 0 Å². The Balaban J connectivity index is 1.28. The molecule has 1 unspecified atom stereocenters. The minimum atomic E-state index is -0.364. The quantitative estimate of drug-likeness (QED) is 0.360. The average molecular weight is 469 g/mol. The summed E-state index contributed by atoms with van der Waals surface area (Å²) in [7, 11) is 0. The van der Waals surface area contributed by atoms with E-state index in [0.717, 1.165) is 24.2 Å². The number of hydrogen-bond donors (Lipinski definition) is 1. The summed E-state index contributed by atoms with van der Waals surface area (Å²) in [5.41, 5.74) is 1.79. The van der Waals surface area contributed by atoms with E-state index in [-0.39, 0.29) is 23.1 Å². The Kier molecular flexibility index (Phi) is 7.06. The van der Waals surface area contributed by atoms with E-state index in [4.69, 9.17) is 4.74 Å². The number of carbonyl (C=O) groups is 2. The average Bonchev–Trinajstić information content (AvgIpc) is 3.52. The SMILES string of the molecule is CC(=O)N(c1nnc(SC(C)C(=O)Nc2ccc(OCc3ccccc3)cc2)s1)C1CC1. The van der Waals surface area contributed by atoms with E-state index >= 15 is 0 Å². The lowest BCUT2D eigenvalue weighted by Gasteiger charge is -2.15. The van der Waals surface area contributed by atoms with Gasteiger partial charge < -0.3 is 10.1 Å². The zero-order valence-corrected chi connectivity index (χ0v) is 19.5. The van der Waals surface area contributed by atoms with E-state index in [0.29, 0.717) is 21.8 Å². The maximum absolute atomic E-state index is 12.6. The van der Waals surface area contributed by atoms with Crippen molar-refractivity contribution >= 4 is 45.7 Å². The topological polar surface area (TPSA) is 84.4 Å². The van der Waals surface area contributed by atoms with Crippen molar-refractivity contribution in [2.24, 2.45) is 0 Å². The summed E-state index contributed by atoms with van der Waals surface area (Å²) in [4.78, 5) is 26.2. The van der Waals surface area contributed by atoms with Gasteiger partial charge in [-0.25, -0.2) is 0 Å². The number of nitrogens with one attached hydrogen (secondary N) is 1. The van der Waals surface area contributed by atoms with Crippen LogP contribution in [0.3, 0.4) is 0 Å². The van der Waals surface area contributed by atoms with Crippen molar-refractivity contribution in [3.8, 4) is 5.75 Å². The van der Waals surface area contributed by atoms with Crippen LogP contribution in [0.2, 0.25) is 0 Å². The molecule has 3 aromatic rings. The molecule has 2 aromatic carbocycles. The van der Waals surface area contributed by atoms with Crippen molar-refractivity contribution in [3.63, 3.8) is 0 Å². The zero-order chi connectivity index (χ0) is 22.5. The molecular weight excluding hydrogens is 444 g/mol. The van der Waals surface area contributed by atoms with Gasteiger partial charge in [-0.05, 0) is 49.6 Å². The van der Waals surface area contributed by atoms with Gasteiger partial charge in [-0.1, -0.05) is 53.4 Å². The monoisotopic (exact) mass is 468 g/mol. The summed E-state index contributed by atoms with van der Waals surface area (Å²) >= 11 is 2.68. The number of aromatic nitrogens is 2. The standard InChI is InChI=1S/C23H24N4O3S2/c1-15(31-23-26-25-22(32-23)27(16(2)28)19-10-11-19)21(29)24-18-8-12-20(13-9-18)30-14-17-6-4-3-5-7-17/h3-9,12-13,15,19H,10-11,14H2,1-2H3,(H,24,29). The second-order valence-electron chi connectivity index (χ2n) is 7.52. The van der Waals surface area contributed by atoms with Gasteiger partial charge in [0.25, 0.3) is 0 Å². The van der Waals surface area contributed by atoms with E-state index in [2.05, 4.69) is 15.5 Å². The number of carbonyl (C=O) groups excluding carboxylic acids is 2. The third-order valence-corrected chi connectivity index (χ3v) is 6.98. The number of amides is 2. The Morgan fingerprint density at radius 1 is 1.16 bits per heavy atom. The van der Waals surface area contributed by atoms with Gasteiger partial charge in [0, 0.05) is 18.7 Å². The lowest BCUT2D eigenvalue weighted by Crippen LogP contribution is -2.30. The van der Waals surface area contributed by atoms with Crippen molar-refractivity contribution in [2.75, 3.05) is 10.2 Å². The number of hydrogen-bond acceptors (Lipinski definition) is 7. The number of thioether (sulfide) groups is 1. The van der Waals surface area contributed by atoms with Crippen LogP contribution in [0.4, 0.5) is 10.8 Å². The molecular formula is C23H24N4O3S2. The predicted octanol–water partition coefficient (Wildman–Crippen LogP) is 4.75. The number of anilines is 2. The van der Waals surface area contributed by atoms with Gasteiger partial charge in [-0.3, -0.25) is 14.5 Å². The number of rotatable bonds is 9. The molecule has 2 amide bonds. The molecule has 1 fully saturated rings. The number of ether oxygens (including phenoxy) is 1. The first kappa shape index (κ1) is 22.3. The molecule has 0 radical (unpaired) electrons. The second-order valence-corrected chi connectivity index (χ2v) is 10.1. The third kappa shape index (κ3) is 5.86. The summed E-state index contributed by atoms with van der Waals surface area (Å²) in [6.45, 7) is 3.86. The molecule has 1 aliphatic rings. The van der Waals surface area contributed by atoms with Gasteiger partial charge in [0.05, 0.1) is 5.25 Å². The minimum Gasteiger partial charge on any atom is -0.489 e. The van der Waals surface area contributed by atoms with Crippen molar-refractivity contribution < 1.29 is 14.3 Å². The first-order valence-corrected chi connectivity index (χ1v) is 12.1. The van der Waals surface area contributed by atoms with E-state index in [1.54, 1.807) is 11.8 Å². The van der Waals surface area contributed by atoms with Crippen LogP contribution in [-0.2, 0) is 16.2 Å². The Morgan fingerprint density at radius 2 is 1.88 bits per heavy atom. The highest BCUT2D eigenvalue weighted by molar-refractivity contribution is 8.02. The molecule has 0 aliphatic heterocycles. The maximum atomic E-state index is 12.6. The fraction of sp³-hybridized carbons (Fsp3) is 0.304. The fourth-order valence-corrected chi connectivity index (χ4v) is 5.15. The van der Waals surface area contributed by atoms with Crippen LogP contribution in [0.1, 0.15) is 32.3 Å². The first-order valence-electron chi connectivity index (χ1n) is 10.4. The summed E-state index contributed by atoms with van der Waals surface area (Å²) in [5, 5.41) is 11.5. The molecule has 1 saturated carbocycles. The lowest BCUT2D eigenvalue weighted by molar-refractivity contribution is -0.117. The van der Waals surface area contributed by atoms with Crippen LogP contribution >= 0.6 is 23.1 Å².